The van der Waals surface area contributed by atoms with Crippen molar-refractivity contribution in [1.29, 1.82) is 0 Å². The fourth-order valence-electron chi connectivity index (χ4n) is 2.15. The Morgan fingerprint density at radius 3 is 2.73 bits per heavy atom. The minimum atomic E-state index is -0.776. The highest BCUT2D eigenvalue weighted by Crippen LogP contribution is 2.45. The lowest BCUT2D eigenvalue weighted by atomic mass is 9.83. The third-order valence-corrected chi connectivity index (χ3v) is 2.92. The van der Waals surface area contributed by atoms with E-state index in [1.54, 1.807) is 0 Å². The van der Waals surface area contributed by atoms with E-state index in [1.165, 1.54) is 0 Å². The van der Waals surface area contributed by atoms with Crippen molar-refractivity contribution in [3.8, 4) is 0 Å². The first-order valence-electron chi connectivity index (χ1n) is 3.93. The molecule has 0 radical (unpaired) electrons. The third-order valence-electron chi connectivity index (χ3n) is 2.92. The van der Waals surface area contributed by atoms with Crippen LogP contribution in [0.3, 0.4) is 0 Å². The molecule has 2 saturated heterocycles. The van der Waals surface area contributed by atoms with Crippen LogP contribution in [0.2, 0.25) is 0 Å². The summed E-state index contributed by atoms with van der Waals surface area (Å²) in [5.74, 6) is 0.143. The second-order valence-electron chi connectivity index (χ2n) is 3.48. The molecule has 0 amide bonds. The molecule has 0 bridgehead atoms. The van der Waals surface area contributed by atoms with Gasteiger partial charge in [0.05, 0.1) is 5.54 Å². The van der Waals surface area contributed by atoms with Crippen LogP contribution in [0.25, 0.3) is 0 Å². The summed E-state index contributed by atoms with van der Waals surface area (Å²) in [6, 6.07) is 0. The summed E-state index contributed by atoms with van der Waals surface area (Å²) in [6.07, 6.45) is 0.520. The van der Waals surface area contributed by atoms with Gasteiger partial charge in [-0.25, -0.2) is 4.39 Å². The smallest absolute Gasteiger partial charge is 0.115 e. The van der Waals surface area contributed by atoms with E-state index in [2.05, 4.69) is 6.58 Å². The van der Waals surface area contributed by atoms with Crippen molar-refractivity contribution in [3.05, 3.63) is 12.3 Å². The largest absolute Gasteiger partial charge is 0.511 e. The zero-order valence-electron chi connectivity index (χ0n) is 6.39. The molecule has 0 saturated carbocycles. The van der Waals surface area contributed by atoms with E-state index in [-0.39, 0.29) is 11.3 Å². The van der Waals surface area contributed by atoms with Crippen LogP contribution < -0.4 is 0 Å². The second-order valence-corrected chi connectivity index (χ2v) is 3.48. The van der Waals surface area contributed by atoms with E-state index in [0.717, 1.165) is 13.0 Å². The van der Waals surface area contributed by atoms with Crippen LogP contribution in [0.5, 0.6) is 0 Å². The molecule has 2 fully saturated rings. The molecule has 2 aliphatic heterocycles. The molecule has 0 unspecified atom stereocenters. The molecular formula is C8H12FNO. The maximum Gasteiger partial charge on any atom is 0.115 e. The van der Waals surface area contributed by atoms with Crippen molar-refractivity contribution >= 4 is 0 Å². The third kappa shape index (κ3) is 0.745. The quantitative estimate of drug-likeness (QED) is 0.579. The summed E-state index contributed by atoms with van der Waals surface area (Å²) < 4.78 is 12.9. The lowest BCUT2D eigenvalue weighted by Gasteiger charge is -2.46. The number of hydrogen-bond acceptors (Lipinski definition) is 2. The summed E-state index contributed by atoms with van der Waals surface area (Å²) in [5.41, 5.74) is -0.376. The Morgan fingerprint density at radius 2 is 2.45 bits per heavy atom. The SMILES string of the molecule is C=C(O)[C@]12CCN1C[C@@H](F)C2. The van der Waals surface area contributed by atoms with Crippen molar-refractivity contribution in [2.75, 3.05) is 13.1 Å². The molecule has 11 heavy (non-hydrogen) atoms. The first-order chi connectivity index (χ1) is 5.15. The molecule has 2 aliphatic rings. The van der Waals surface area contributed by atoms with Crippen LogP contribution in [0.1, 0.15) is 12.8 Å². The number of rotatable bonds is 1. The average molecular weight is 157 g/mol. The fraction of sp³-hybridized carbons (Fsp3) is 0.750. The van der Waals surface area contributed by atoms with E-state index < -0.39 is 6.17 Å². The molecule has 2 nitrogen and oxygen atoms in total. The fourth-order valence-corrected chi connectivity index (χ4v) is 2.15. The standard InChI is InChI=1S/C8H12FNO/c1-6(11)8-2-3-10(8)5-7(9)4-8/h7,11H,1-5H2/t7-,8+/m0/s1. The Balaban J connectivity index is 2.20. The van der Waals surface area contributed by atoms with Gasteiger partial charge in [-0.1, -0.05) is 6.58 Å². The van der Waals surface area contributed by atoms with Crippen molar-refractivity contribution in [3.63, 3.8) is 0 Å². The van der Waals surface area contributed by atoms with E-state index >= 15 is 0 Å². The van der Waals surface area contributed by atoms with Gasteiger partial charge in [0.2, 0.25) is 0 Å². The summed E-state index contributed by atoms with van der Waals surface area (Å²) in [4.78, 5) is 1.97. The normalized spacial score (nSPS) is 43.2. The molecule has 2 heterocycles. The molecule has 62 valence electrons. The molecule has 2 rings (SSSR count). The van der Waals surface area contributed by atoms with E-state index in [0.29, 0.717) is 13.0 Å². The number of fused-ring (bicyclic) bond motifs is 1. The van der Waals surface area contributed by atoms with Crippen LogP contribution in [-0.2, 0) is 0 Å². The lowest BCUT2D eigenvalue weighted by molar-refractivity contribution is 0.0255. The van der Waals surface area contributed by atoms with Gasteiger partial charge in [0.25, 0.3) is 0 Å². The van der Waals surface area contributed by atoms with E-state index in [9.17, 15) is 9.50 Å². The first-order valence-corrected chi connectivity index (χ1v) is 3.93. The predicted octanol–water partition coefficient (Wildman–Crippen LogP) is 1.24. The Labute approximate surface area is 65.3 Å². The molecule has 0 aromatic heterocycles. The average Bonchev–Trinajstić information content (AvgIpc) is 2.11. The molecule has 3 heteroatoms. The maximum atomic E-state index is 12.9. The summed E-state index contributed by atoms with van der Waals surface area (Å²) >= 11 is 0. The van der Waals surface area contributed by atoms with Crippen LogP contribution in [0.4, 0.5) is 4.39 Å². The molecule has 0 spiro atoms. The maximum absolute atomic E-state index is 12.9. The van der Waals surface area contributed by atoms with Crippen LogP contribution in [0.15, 0.2) is 12.3 Å². The van der Waals surface area contributed by atoms with E-state index in [1.807, 2.05) is 4.90 Å². The topological polar surface area (TPSA) is 23.5 Å². The second kappa shape index (κ2) is 1.97. The zero-order valence-corrected chi connectivity index (χ0v) is 6.39. The van der Waals surface area contributed by atoms with Gasteiger partial charge in [-0.3, -0.25) is 4.90 Å². The zero-order chi connectivity index (χ0) is 8.06. The first kappa shape index (κ1) is 7.10. The highest BCUT2D eigenvalue weighted by Gasteiger charge is 2.54. The minimum absolute atomic E-state index is 0.143. The van der Waals surface area contributed by atoms with Gasteiger partial charge in [-0.15, -0.1) is 0 Å². The Hall–Kier alpha value is -0.570. The number of aliphatic hydroxyl groups excluding tert-OH is 1. The highest BCUT2D eigenvalue weighted by molar-refractivity contribution is 5.20. The Bertz CT molecular complexity index is 206. The van der Waals surface area contributed by atoms with Gasteiger partial charge in [-0.05, 0) is 6.42 Å². The number of hydrogen-bond donors (Lipinski definition) is 1. The number of alkyl halides is 1. The number of halogens is 1. The summed E-state index contributed by atoms with van der Waals surface area (Å²) in [7, 11) is 0. The van der Waals surface area contributed by atoms with Crippen LogP contribution in [-0.4, -0.2) is 34.8 Å². The monoisotopic (exact) mass is 157 g/mol. The Kier molecular flexibility index (Phi) is 1.27. The molecule has 0 aromatic rings. The van der Waals surface area contributed by atoms with Crippen LogP contribution in [0, 0.1) is 0 Å². The summed E-state index contributed by atoms with van der Waals surface area (Å²) in [6.45, 7) is 4.87. The minimum Gasteiger partial charge on any atom is -0.511 e. The lowest BCUT2D eigenvalue weighted by Crippen LogP contribution is -2.56. The van der Waals surface area contributed by atoms with E-state index in [4.69, 9.17) is 0 Å². The van der Waals surface area contributed by atoms with Crippen molar-refractivity contribution in [1.82, 2.24) is 4.90 Å². The molecule has 1 N–H and O–H groups in total. The Morgan fingerprint density at radius 1 is 1.73 bits per heavy atom. The molecule has 2 atom stereocenters. The van der Waals surface area contributed by atoms with Crippen molar-refractivity contribution in [2.45, 2.75) is 24.6 Å². The molecular weight excluding hydrogens is 145 g/mol. The van der Waals surface area contributed by atoms with Gasteiger partial charge in [0.1, 0.15) is 11.9 Å². The van der Waals surface area contributed by atoms with Crippen molar-refractivity contribution in [2.24, 2.45) is 0 Å². The number of aliphatic hydroxyl groups is 1. The predicted molar refractivity (Wildman–Crippen MR) is 40.2 cm³/mol. The van der Waals surface area contributed by atoms with Crippen LogP contribution >= 0.6 is 0 Å². The van der Waals surface area contributed by atoms with Gasteiger partial charge in [0, 0.05) is 19.5 Å². The van der Waals surface area contributed by atoms with Gasteiger partial charge >= 0.3 is 0 Å². The van der Waals surface area contributed by atoms with Crippen molar-refractivity contribution < 1.29 is 9.50 Å². The molecule has 0 aliphatic carbocycles. The molecule has 0 aromatic carbocycles. The van der Waals surface area contributed by atoms with Gasteiger partial charge < -0.3 is 5.11 Å². The van der Waals surface area contributed by atoms with Gasteiger partial charge in [-0.2, -0.15) is 0 Å². The number of nitrogens with zero attached hydrogens (tertiary/aromatic N) is 1. The highest BCUT2D eigenvalue weighted by atomic mass is 19.1. The summed E-state index contributed by atoms with van der Waals surface area (Å²) in [5, 5.41) is 9.25. The van der Waals surface area contributed by atoms with Gasteiger partial charge in [0.15, 0.2) is 0 Å².